The summed E-state index contributed by atoms with van der Waals surface area (Å²) in [5, 5.41) is 23.0. The SMILES string of the molecule is CC(C)CNC(=O)[C@H](CC(=O)O)NC(=O)CNC(=O)c1csc(NC(=O)NCc2ccccc2)n1. The lowest BCUT2D eigenvalue weighted by Gasteiger charge is -2.17. The Morgan fingerprint density at radius 1 is 1.03 bits per heavy atom. The number of aromatic nitrogens is 1. The van der Waals surface area contributed by atoms with E-state index in [1.807, 2.05) is 44.2 Å². The van der Waals surface area contributed by atoms with Crippen LogP contribution in [0.15, 0.2) is 35.7 Å². The van der Waals surface area contributed by atoms with Crippen molar-refractivity contribution < 1.29 is 29.1 Å². The van der Waals surface area contributed by atoms with Crippen molar-refractivity contribution in [3.8, 4) is 0 Å². The molecule has 0 saturated carbocycles. The number of carboxylic acids is 1. The zero-order valence-electron chi connectivity index (χ0n) is 19.3. The van der Waals surface area contributed by atoms with Gasteiger partial charge in [0.15, 0.2) is 5.13 Å². The molecule has 1 heterocycles. The molecule has 12 nitrogen and oxygen atoms in total. The summed E-state index contributed by atoms with van der Waals surface area (Å²) in [6.45, 7) is 3.89. The highest BCUT2D eigenvalue weighted by Crippen LogP contribution is 2.15. The number of carboxylic acid groups (broad SMARTS) is 1. The first kappa shape index (κ1) is 27.2. The van der Waals surface area contributed by atoms with Gasteiger partial charge in [-0.2, -0.15) is 0 Å². The zero-order valence-corrected chi connectivity index (χ0v) is 20.1. The maximum atomic E-state index is 12.3. The lowest BCUT2D eigenvalue weighted by Crippen LogP contribution is -2.50. The number of aliphatic carboxylic acids is 1. The van der Waals surface area contributed by atoms with Crippen LogP contribution in [0, 0.1) is 5.92 Å². The van der Waals surface area contributed by atoms with Crippen molar-refractivity contribution in [2.45, 2.75) is 32.9 Å². The molecule has 0 aliphatic carbocycles. The van der Waals surface area contributed by atoms with E-state index in [-0.39, 0.29) is 16.7 Å². The normalized spacial score (nSPS) is 11.3. The van der Waals surface area contributed by atoms with Crippen molar-refractivity contribution in [2.75, 3.05) is 18.4 Å². The van der Waals surface area contributed by atoms with Gasteiger partial charge in [-0.15, -0.1) is 11.3 Å². The molecule has 0 unspecified atom stereocenters. The number of hydrogen-bond donors (Lipinski definition) is 6. The Morgan fingerprint density at radius 3 is 2.40 bits per heavy atom. The second-order valence-electron chi connectivity index (χ2n) is 7.87. The number of amides is 5. The molecule has 0 saturated heterocycles. The second kappa shape index (κ2) is 13.6. The third kappa shape index (κ3) is 10.2. The number of thiazole rings is 1. The van der Waals surface area contributed by atoms with Crippen LogP contribution in [0.3, 0.4) is 0 Å². The number of anilines is 1. The number of nitrogens with one attached hydrogen (secondary N) is 5. The molecule has 5 amide bonds. The van der Waals surface area contributed by atoms with E-state index < -0.39 is 48.7 Å². The molecule has 35 heavy (non-hydrogen) atoms. The number of hydrogen-bond acceptors (Lipinski definition) is 7. The Morgan fingerprint density at radius 2 is 1.74 bits per heavy atom. The topological polar surface area (TPSA) is 179 Å². The zero-order chi connectivity index (χ0) is 25.8. The van der Waals surface area contributed by atoms with Crippen LogP contribution in [0.4, 0.5) is 9.93 Å². The lowest BCUT2D eigenvalue weighted by atomic mass is 10.1. The van der Waals surface area contributed by atoms with Crippen LogP contribution >= 0.6 is 11.3 Å². The first-order chi connectivity index (χ1) is 16.6. The van der Waals surface area contributed by atoms with Crippen LogP contribution in [0.2, 0.25) is 0 Å². The van der Waals surface area contributed by atoms with E-state index >= 15 is 0 Å². The van der Waals surface area contributed by atoms with Gasteiger partial charge < -0.3 is 26.4 Å². The average molecular weight is 505 g/mol. The Hall–Kier alpha value is -4.00. The molecule has 1 aromatic heterocycles. The maximum Gasteiger partial charge on any atom is 0.321 e. The summed E-state index contributed by atoms with van der Waals surface area (Å²) < 4.78 is 0. The molecule has 0 aliphatic rings. The summed E-state index contributed by atoms with van der Waals surface area (Å²) in [5.41, 5.74) is 0.904. The molecule has 1 aromatic carbocycles. The van der Waals surface area contributed by atoms with Gasteiger partial charge in [0.05, 0.1) is 13.0 Å². The van der Waals surface area contributed by atoms with Crippen molar-refractivity contribution >= 4 is 46.2 Å². The summed E-state index contributed by atoms with van der Waals surface area (Å²) in [6.07, 6.45) is -0.600. The molecule has 2 aromatic rings. The number of carbonyl (C=O) groups excluding carboxylic acids is 4. The molecule has 0 fully saturated rings. The number of nitrogens with zero attached hydrogens (tertiary/aromatic N) is 1. The largest absolute Gasteiger partial charge is 0.481 e. The summed E-state index contributed by atoms with van der Waals surface area (Å²) in [5.74, 6) is -3.14. The Labute approximate surface area is 205 Å². The number of urea groups is 1. The molecule has 1 atom stereocenters. The fourth-order valence-corrected chi connectivity index (χ4v) is 3.35. The summed E-state index contributed by atoms with van der Waals surface area (Å²) in [6, 6.07) is 7.54. The van der Waals surface area contributed by atoms with Crippen LogP contribution < -0.4 is 26.6 Å². The van der Waals surface area contributed by atoms with Gasteiger partial charge in [-0.3, -0.25) is 24.5 Å². The minimum Gasteiger partial charge on any atom is -0.481 e. The van der Waals surface area contributed by atoms with Crippen molar-refractivity contribution in [3.63, 3.8) is 0 Å². The molecule has 0 bridgehead atoms. The maximum absolute atomic E-state index is 12.3. The van der Waals surface area contributed by atoms with Gasteiger partial charge in [0, 0.05) is 18.5 Å². The summed E-state index contributed by atoms with van der Waals surface area (Å²) >= 11 is 1.03. The van der Waals surface area contributed by atoms with Crippen LogP contribution in [-0.4, -0.2) is 58.9 Å². The lowest BCUT2D eigenvalue weighted by molar-refractivity contribution is -0.140. The highest BCUT2D eigenvalue weighted by atomic mass is 32.1. The molecule has 13 heteroatoms. The van der Waals surface area contributed by atoms with Crippen LogP contribution in [-0.2, 0) is 20.9 Å². The fraction of sp³-hybridized carbons (Fsp3) is 0.364. The molecular weight excluding hydrogens is 476 g/mol. The van der Waals surface area contributed by atoms with Crippen molar-refractivity contribution in [1.29, 1.82) is 0 Å². The molecule has 6 N–H and O–H groups in total. The summed E-state index contributed by atoms with van der Waals surface area (Å²) in [7, 11) is 0. The Balaban J connectivity index is 1.81. The van der Waals surface area contributed by atoms with Gasteiger partial charge in [-0.1, -0.05) is 44.2 Å². The average Bonchev–Trinajstić information content (AvgIpc) is 3.28. The molecular formula is C22H28N6O6S. The highest BCUT2D eigenvalue weighted by Gasteiger charge is 2.24. The molecule has 2 rings (SSSR count). The molecule has 0 spiro atoms. The van der Waals surface area contributed by atoms with Gasteiger partial charge in [0.1, 0.15) is 11.7 Å². The van der Waals surface area contributed by atoms with Crippen LogP contribution in [0.5, 0.6) is 0 Å². The Bertz CT molecular complexity index is 1040. The van der Waals surface area contributed by atoms with Crippen molar-refractivity contribution in [3.05, 3.63) is 47.0 Å². The quantitative estimate of drug-likeness (QED) is 0.249. The van der Waals surface area contributed by atoms with Crippen LogP contribution in [0.1, 0.15) is 36.3 Å². The smallest absolute Gasteiger partial charge is 0.321 e. The second-order valence-corrected chi connectivity index (χ2v) is 8.73. The van der Waals surface area contributed by atoms with Crippen molar-refractivity contribution in [1.82, 2.24) is 26.3 Å². The van der Waals surface area contributed by atoms with E-state index in [0.29, 0.717) is 13.1 Å². The molecule has 188 valence electrons. The van der Waals surface area contributed by atoms with Crippen LogP contribution in [0.25, 0.3) is 0 Å². The predicted molar refractivity (Wildman–Crippen MR) is 129 cm³/mol. The predicted octanol–water partition coefficient (Wildman–Crippen LogP) is 0.926. The Kier molecular flexibility index (Phi) is 10.6. The van der Waals surface area contributed by atoms with Gasteiger partial charge >= 0.3 is 12.0 Å². The van der Waals surface area contributed by atoms with E-state index in [4.69, 9.17) is 5.11 Å². The molecule has 0 radical (unpaired) electrons. The minimum absolute atomic E-state index is 0.0158. The minimum atomic E-state index is -1.28. The number of carbonyl (C=O) groups is 5. The number of rotatable bonds is 12. The fourth-order valence-electron chi connectivity index (χ4n) is 2.66. The van der Waals surface area contributed by atoms with Gasteiger partial charge in [-0.25, -0.2) is 9.78 Å². The van der Waals surface area contributed by atoms with E-state index in [9.17, 15) is 24.0 Å². The van der Waals surface area contributed by atoms with Crippen molar-refractivity contribution in [2.24, 2.45) is 5.92 Å². The number of benzene rings is 1. The highest BCUT2D eigenvalue weighted by molar-refractivity contribution is 7.14. The van der Waals surface area contributed by atoms with Gasteiger partial charge in [-0.05, 0) is 11.5 Å². The van der Waals surface area contributed by atoms with Gasteiger partial charge in [0.25, 0.3) is 5.91 Å². The standard InChI is InChI=1S/C22H28N6O6S/c1-13(2)9-23-19(32)15(8-18(30)31)26-17(29)11-24-20(33)16-12-35-22(27-16)28-21(34)25-10-14-6-4-3-5-7-14/h3-7,12-13,15H,8-11H2,1-2H3,(H,23,32)(H,24,33)(H,26,29)(H,30,31)(H2,25,27,28,34)/t15-/m0/s1. The summed E-state index contributed by atoms with van der Waals surface area (Å²) in [4.78, 5) is 63.7. The first-order valence-electron chi connectivity index (χ1n) is 10.8. The third-order valence-electron chi connectivity index (χ3n) is 4.38. The molecule has 0 aliphatic heterocycles. The third-order valence-corrected chi connectivity index (χ3v) is 5.14. The van der Waals surface area contributed by atoms with E-state index in [1.165, 1.54) is 5.38 Å². The van der Waals surface area contributed by atoms with E-state index in [2.05, 4.69) is 31.6 Å². The monoisotopic (exact) mass is 504 g/mol. The van der Waals surface area contributed by atoms with Gasteiger partial charge in [0.2, 0.25) is 11.8 Å². The van der Waals surface area contributed by atoms with E-state index in [1.54, 1.807) is 0 Å². The first-order valence-corrected chi connectivity index (χ1v) is 11.6. The van der Waals surface area contributed by atoms with E-state index in [0.717, 1.165) is 16.9 Å².